The largest absolute Gasteiger partial charge is 0.374 e. The number of nitrogens with zero attached hydrogens (tertiary/aromatic N) is 1. The molecule has 1 N–H and O–H groups in total. The van der Waals surface area contributed by atoms with Crippen molar-refractivity contribution in [2.24, 2.45) is 0 Å². The van der Waals surface area contributed by atoms with Gasteiger partial charge in [-0.25, -0.2) is 4.79 Å². The minimum atomic E-state index is -0.522. The van der Waals surface area contributed by atoms with Crippen molar-refractivity contribution in [3.8, 4) is 0 Å². The molecule has 30 heavy (non-hydrogen) atoms. The van der Waals surface area contributed by atoms with E-state index in [0.717, 1.165) is 11.1 Å². The number of aryl methyl sites for hydroxylation is 1. The lowest BCUT2D eigenvalue weighted by molar-refractivity contribution is -0.0883. The number of benzene rings is 1. The Morgan fingerprint density at radius 3 is 2.43 bits per heavy atom. The standard InChI is InChI=1S/C23H24N2O5/c1-18-12-25(23(27)24-22(18)26)17-30-21(15-28-13-19-8-4-2-5-9-19)16-29-14-20-10-6-3-7-11-20/h2,4-6,8-12,21H,13-17H2,1H3,(H,24,26,27). The summed E-state index contributed by atoms with van der Waals surface area (Å²) in [6.07, 6.45) is 1.08. The molecule has 0 amide bonds. The van der Waals surface area contributed by atoms with Crippen molar-refractivity contribution in [3.63, 3.8) is 0 Å². The minimum absolute atomic E-state index is 0.0206. The van der Waals surface area contributed by atoms with E-state index in [4.69, 9.17) is 14.2 Å². The van der Waals surface area contributed by atoms with Crippen LogP contribution >= 0.6 is 0 Å². The average molecular weight is 408 g/mol. The Hall–Kier alpha value is -3.18. The van der Waals surface area contributed by atoms with Crippen LogP contribution in [0.3, 0.4) is 0 Å². The maximum Gasteiger partial charge on any atom is 0.330 e. The number of H-pyrrole nitrogens is 1. The summed E-state index contributed by atoms with van der Waals surface area (Å²) < 4.78 is 18.7. The second-order valence-corrected chi connectivity index (χ2v) is 6.82. The maximum absolute atomic E-state index is 12.0. The normalized spacial score (nSPS) is 10.9. The lowest BCUT2D eigenvalue weighted by Gasteiger charge is -2.19. The molecule has 0 saturated heterocycles. The fourth-order valence-electron chi connectivity index (χ4n) is 2.70. The highest BCUT2D eigenvalue weighted by atomic mass is 16.6. The number of hydrogen-bond acceptors (Lipinski definition) is 5. The number of rotatable bonds is 11. The van der Waals surface area contributed by atoms with Crippen molar-refractivity contribution >= 4 is 0 Å². The summed E-state index contributed by atoms with van der Waals surface area (Å²) in [7, 11) is 0. The van der Waals surface area contributed by atoms with E-state index in [1.54, 1.807) is 13.0 Å². The van der Waals surface area contributed by atoms with Crippen LogP contribution in [-0.2, 0) is 34.2 Å². The van der Waals surface area contributed by atoms with Gasteiger partial charge in [-0.3, -0.25) is 14.3 Å². The van der Waals surface area contributed by atoms with E-state index >= 15 is 0 Å². The predicted octanol–water partition coefficient (Wildman–Crippen LogP) is 2.22. The van der Waals surface area contributed by atoms with Crippen molar-refractivity contribution in [1.82, 2.24) is 9.55 Å². The molecule has 0 fully saturated rings. The van der Waals surface area contributed by atoms with Crippen molar-refractivity contribution < 1.29 is 14.2 Å². The van der Waals surface area contributed by atoms with E-state index in [1.807, 2.05) is 42.5 Å². The molecule has 1 atom stereocenters. The summed E-state index contributed by atoms with van der Waals surface area (Å²) in [6, 6.07) is 21.0. The van der Waals surface area contributed by atoms with Gasteiger partial charge in [-0.15, -0.1) is 0 Å². The average Bonchev–Trinajstić information content (AvgIpc) is 2.76. The van der Waals surface area contributed by atoms with E-state index in [9.17, 15) is 9.59 Å². The van der Waals surface area contributed by atoms with Crippen LogP contribution in [0.25, 0.3) is 0 Å². The topological polar surface area (TPSA) is 82.6 Å². The molecule has 3 aromatic rings. The number of aromatic nitrogens is 2. The fourth-order valence-corrected chi connectivity index (χ4v) is 2.70. The molecule has 156 valence electrons. The molecule has 1 unspecified atom stereocenters. The monoisotopic (exact) mass is 408 g/mol. The third-order valence-corrected chi connectivity index (χ3v) is 4.35. The van der Waals surface area contributed by atoms with E-state index < -0.39 is 17.4 Å². The summed E-state index contributed by atoms with van der Waals surface area (Å²) in [5.74, 6) is 0. The molecule has 3 rings (SSSR count). The van der Waals surface area contributed by atoms with Crippen molar-refractivity contribution in [2.75, 3.05) is 13.2 Å². The molecule has 7 heteroatoms. The quantitative estimate of drug-likeness (QED) is 0.526. The molecule has 0 radical (unpaired) electrons. The molecule has 7 nitrogen and oxygen atoms in total. The van der Waals surface area contributed by atoms with Gasteiger partial charge in [0.2, 0.25) is 0 Å². The molecule has 0 aliphatic heterocycles. The molecule has 0 spiro atoms. The number of aromatic amines is 1. The summed E-state index contributed by atoms with van der Waals surface area (Å²) in [5.41, 5.74) is 1.54. The molecule has 0 aliphatic carbocycles. The zero-order chi connectivity index (χ0) is 21.2. The predicted molar refractivity (Wildman–Crippen MR) is 111 cm³/mol. The van der Waals surface area contributed by atoms with Gasteiger partial charge in [0.05, 0.1) is 26.4 Å². The van der Waals surface area contributed by atoms with Crippen molar-refractivity contribution in [3.05, 3.63) is 104 Å². The van der Waals surface area contributed by atoms with E-state index in [0.29, 0.717) is 25.4 Å². The first-order valence-electron chi connectivity index (χ1n) is 9.60. The van der Waals surface area contributed by atoms with Crippen molar-refractivity contribution in [2.45, 2.75) is 33.0 Å². The maximum atomic E-state index is 12.0. The molecule has 1 aromatic heterocycles. The third-order valence-electron chi connectivity index (χ3n) is 4.35. The molecule has 0 bridgehead atoms. The highest BCUT2D eigenvalue weighted by Crippen LogP contribution is 2.05. The molecule has 1 heterocycles. The summed E-state index contributed by atoms with van der Waals surface area (Å²) >= 11 is 0. The van der Waals surface area contributed by atoms with Gasteiger partial charge in [-0.05, 0) is 36.2 Å². The van der Waals surface area contributed by atoms with Crippen LogP contribution in [0, 0.1) is 19.1 Å². The number of ether oxygens (including phenoxy) is 3. The van der Waals surface area contributed by atoms with Crippen molar-refractivity contribution in [1.29, 1.82) is 0 Å². The first-order chi connectivity index (χ1) is 14.6. The van der Waals surface area contributed by atoms with Crippen LogP contribution in [0.4, 0.5) is 0 Å². The van der Waals surface area contributed by atoms with Crippen LogP contribution in [-0.4, -0.2) is 28.9 Å². The van der Waals surface area contributed by atoms with Gasteiger partial charge in [-0.2, -0.15) is 0 Å². The Morgan fingerprint density at radius 2 is 1.73 bits per heavy atom. The van der Waals surface area contributed by atoms with Gasteiger partial charge in [0.15, 0.2) is 0 Å². The molecule has 0 aliphatic rings. The van der Waals surface area contributed by atoms with Gasteiger partial charge in [0.25, 0.3) is 5.56 Å². The third kappa shape index (κ3) is 6.71. The first-order valence-corrected chi connectivity index (χ1v) is 9.60. The van der Waals surface area contributed by atoms with Crippen LogP contribution in [0.5, 0.6) is 0 Å². The first kappa shape index (κ1) is 21.5. The second-order valence-electron chi connectivity index (χ2n) is 6.82. The van der Waals surface area contributed by atoms with Crippen LogP contribution < -0.4 is 11.2 Å². The molecular weight excluding hydrogens is 384 g/mol. The van der Waals surface area contributed by atoms with Gasteiger partial charge in [-0.1, -0.05) is 42.5 Å². The summed E-state index contributed by atoms with van der Waals surface area (Å²) in [5, 5.41) is 0. The Labute approximate surface area is 174 Å². The van der Waals surface area contributed by atoms with Gasteiger partial charge in [0, 0.05) is 11.8 Å². The van der Waals surface area contributed by atoms with E-state index in [-0.39, 0.29) is 13.3 Å². The zero-order valence-electron chi connectivity index (χ0n) is 16.8. The van der Waals surface area contributed by atoms with E-state index in [1.165, 1.54) is 10.8 Å². The lowest BCUT2D eigenvalue weighted by Crippen LogP contribution is -2.34. The smallest absolute Gasteiger partial charge is 0.330 e. The van der Waals surface area contributed by atoms with Crippen LogP contribution in [0.15, 0.2) is 64.3 Å². The lowest BCUT2D eigenvalue weighted by atomic mass is 10.2. The molecule has 2 aromatic carbocycles. The fraction of sp³-hybridized carbons (Fsp3) is 0.304. The molecular formula is C23H24N2O5. The highest BCUT2D eigenvalue weighted by molar-refractivity contribution is 5.13. The Morgan fingerprint density at radius 1 is 1.00 bits per heavy atom. The SMILES string of the molecule is Cc1cn(COC(COCc2cc#ccc2)COCc2ccccc2)c(=O)[nH]c1=O. The highest BCUT2D eigenvalue weighted by Gasteiger charge is 2.12. The minimum Gasteiger partial charge on any atom is -0.374 e. The van der Waals surface area contributed by atoms with Crippen LogP contribution in [0.2, 0.25) is 0 Å². The second kappa shape index (κ2) is 11.1. The summed E-state index contributed by atoms with van der Waals surface area (Å²) in [6.45, 7) is 3.04. The van der Waals surface area contributed by atoms with Crippen LogP contribution in [0.1, 0.15) is 16.7 Å². The number of hydrogen-bond donors (Lipinski definition) is 1. The van der Waals surface area contributed by atoms with Gasteiger partial charge >= 0.3 is 5.69 Å². The Balaban J connectivity index is 1.56. The number of nitrogens with one attached hydrogen (secondary N) is 1. The summed E-state index contributed by atoms with van der Waals surface area (Å²) in [4.78, 5) is 25.8. The Kier molecular flexibility index (Phi) is 7.98. The van der Waals surface area contributed by atoms with Gasteiger partial charge < -0.3 is 14.2 Å². The Bertz CT molecular complexity index is 970. The van der Waals surface area contributed by atoms with Gasteiger partial charge in [0.1, 0.15) is 12.8 Å². The zero-order valence-corrected chi connectivity index (χ0v) is 16.8. The van der Waals surface area contributed by atoms with E-state index in [2.05, 4.69) is 17.1 Å². The molecule has 0 saturated carbocycles.